The van der Waals surface area contributed by atoms with E-state index in [1.54, 1.807) is 24.3 Å². The first-order chi connectivity index (χ1) is 14.1. The predicted octanol–water partition coefficient (Wildman–Crippen LogP) is 4.33. The molecular formula is C21H31ClIN5O2. The van der Waals surface area contributed by atoms with Gasteiger partial charge in [-0.15, -0.1) is 24.0 Å². The maximum Gasteiger partial charge on any atom is 0.252 e. The van der Waals surface area contributed by atoms with Crippen LogP contribution in [0.5, 0.6) is 0 Å². The molecule has 0 atom stereocenters. The quantitative estimate of drug-likeness (QED) is 0.178. The van der Waals surface area contributed by atoms with Gasteiger partial charge in [0.15, 0.2) is 11.7 Å². The van der Waals surface area contributed by atoms with Crippen LogP contribution in [-0.2, 0) is 6.54 Å². The average molecular weight is 548 g/mol. The summed E-state index contributed by atoms with van der Waals surface area (Å²) >= 11 is 6.04. The summed E-state index contributed by atoms with van der Waals surface area (Å²) in [5.74, 6) is 1.61. The van der Waals surface area contributed by atoms with Gasteiger partial charge in [0, 0.05) is 31.6 Å². The number of halogens is 2. The van der Waals surface area contributed by atoms with Gasteiger partial charge in [-0.05, 0) is 31.9 Å². The smallest absolute Gasteiger partial charge is 0.252 e. The van der Waals surface area contributed by atoms with Crippen LogP contribution in [0.1, 0.15) is 61.3 Å². The molecule has 0 saturated heterocycles. The van der Waals surface area contributed by atoms with E-state index in [1.807, 2.05) is 13.0 Å². The summed E-state index contributed by atoms with van der Waals surface area (Å²) in [7, 11) is 0. The topological polar surface area (TPSA) is 91.6 Å². The van der Waals surface area contributed by atoms with Crippen molar-refractivity contribution in [2.24, 2.45) is 4.99 Å². The van der Waals surface area contributed by atoms with Crippen LogP contribution < -0.4 is 16.0 Å². The molecule has 0 unspecified atom stereocenters. The van der Waals surface area contributed by atoms with E-state index in [1.165, 1.54) is 0 Å². The Morgan fingerprint density at radius 3 is 2.50 bits per heavy atom. The van der Waals surface area contributed by atoms with Crippen LogP contribution in [0.2, 0.25) is 5.02 Å². The van der Waals surface area contributed by atoms with Crippen LogP contribution >= 0.6 is 35.6 Å². The lowest BCUT2D eigenvalue weighted by atomic mass is 9.99. The van der Waals surface area contributed by atoms with Crippen molar-refractivity contribution in [1.82, 2.24) is 21.1 Å². The molecule has 2 rings (SSSR count). The number of aliphatic imine (C=N–C) groups is 1. The molecule has 9 heteroatoms. The Labute approximate surface area is 200 Å². The number of hydrogen-bond donors (Lipinski definition) is 3. The van der Waals surface area contributed by atoms with E-state index in [2.05, 4.69) is 39.9 Å². The average Bonchev–Trinajstić information content (AvgIpc) is 3.19. The van der Waals surface area contributed by atoms with Gasteiger partial charge in [-0.3, -0.25) is 4.79 Å². The van der Waals surface area contributed by atoms with Gasteiger partial charge in [-0.25, -0.2) is 4.99 Å². The molecule has 3 N–H and O–H groups in total. The minimum atomic E-state index is -0.199. The van der Waals surface area contributed by atoms with Gasteiger partial charge in [0.25, 0.3) is 5.91 Å². The van der Waals surface area contributed by atoms with Gasteiger partial charge < -0.3 is 20.5 Å². The molecule has 1 heterocycles. The standard InChI is InChI=1S/C21H30ClN5O2.HI/c1-4-15(5-2)19-13-16(29-27-19)14-26-21(23-6-3)25-12-11-24-20(28)17-9-7-8-10-18(17)22;/h7-10,13,15H,4-6,11-12,14H2,1-3H3,(H,24,28)(H2,23,25,26);1H. The highest BCUT2D eigenvalue weighted by atomic mass is 127. The molecule has 0 fully saturated rings. The van der Waals surface area contributed by atoms with Gasteiger partial charge in [0.05, 0.1) is 16.3 Å². The molecule has 0 bridgehead atoms. The fourth-order valence-electron chi connectivity index (χ4n) is 2.90. The molecule has 0 spiro atoms. The lowest BCUT2D eigenvalue weighted by Gasteiger charge is -2.12. The first-order valence-electron chi connectivity index (χ1n) is 10.1. The molecule has 1 aromatic carbocycles. The Balaban J connectivity index is 0.00000450. The third-order valence-electron chi connectivity index (χ3n) is 4.54. The van der Waals surface area contributed by atoms with Crippen molar-refractivity contribution < 1.29 is 9.32 Å². The number of amides is 1. The first kappa shape index (κ1) is 26.2. The Morgan fingerprint density at radius 2 is 1.83 bits per heavy atom. The summed E-state index contributed by atoms with van der Waals surface area (Å²) < 4.78 is 5.41. The van der Waals surface area contributed by atoms with Crippen LogP contribution in [0.25, 0.3) is 0 Å². The van der Waals surface area contributed by atoms with E-state index in [0.717, 1.165) is 30.8 Å². The SMILES string of the molecule is CCNC(=NCc1cc(C(CC)CC)no1)NCCNC(=O)c1ccccc1Cl.I. The maximum atomic E-state index is 12.2. The summed E-state index contributed by atoms with van der Waals surface area (Å²) in [4.78, 5) is 16.7. The van der Waals surface area contributed by atoms with Crippen LogP contribution in [0.3, 0.4) is 0 Å². The van der Waals surface area contributed by atoms with E-state index in [9.17, 15) is 4.79 Å². The highest BCUT2D eigenvalue weighted by Gasteiger charge is 2.13. The van der Waals surface area contributed by atoms with Crippen LogP contribution in [-0.4, -0.2) is 36.7 Å². The molecule has 0 aliphatic carbocycles. The second-order valence-corrected chi connectivity index (χ2v) is 7.00. The van der Waals surface area contributed by atoms with E-state index in [0.29, 0.717) is 42.1 Å². The summed E-state index contributed by atoms with van der Waals surface area (Å²) in [5.41, 5.74) is 1.45. The molecule has 166 valence electrons. The van der Waals surface area contributed by atoms with Gasteiger partial charge in [0.2, 0.25) is 0 Å². The molecule has 1 aromatic heterocycles. The fraction of sp³-hybridized carbons (Fsp3) is 0.476. The summed E-state index contributed by atoms with van der Waals surface area (Å²) in [5, 5.41) is 13.8. The number of benzene rings is 1. The number of nitrogens with one attached hydrogen (secondary N) is 3. The van der Waals surface area contributed by atoms with Gasteiger partial charge >= 0.3 is 0 Å². The Bertz CT molecular complexity index is 808. The van der Waals surface area contributed by atoms with Crippen molar-refractivity contribution in [3.05, 3.63) is 52.4 Å². The second kappa shape index (κ2) is 14.2. The third-order valence-corrected chi connectivity index (χ3v) is 4.87. The van der Waals surface area contributed by atoms with Crippen molar-refractivity contribution in [1.29, 1.82) is 0 Å². The number of carbonyl (C=O) groups is 1. The maximum absolute atomic E-state index is 12.2. The van der Waals surface area contributed by atoms with E-state index in [4.69, 9.17) is 16.1 Å². The minimum Gasteiger partial charge on any atom is -0.359 e. The molecule has 0 radical (unpaired) electrons. The zero-order valence-electron chi connectivity index (χ0n) is 17.7. The van der Waals surface area contributed by atoms with E-state index in [-0.39, 0.29) is 29.9 Å². The van der Waals surface area contributed by atoms with Crippen LogP contribution in [0.15, 0.2) is 39.8 Å². The highest BCUT2D eigenvalue weighted by Crippen LogP contribution is 2.22. The number of rotatable bonds is 10. The first-order valence-corrected chi connectivity index (χ1v) is 10.5. The normalized spacial score (nSPS) is 11.2. The molecule has 0 saturated carbocycles. The molecule has 0 aliphatic rings. The number of carbonyl (C=O) groups excluding carboxylic acids is 1. The Kier molecular flexibility index (Phi) is 12.4. The lowest BCUT2D eigenvalue weighted by molar-refractivity contribution is 0.0954. The van der Waals surface area contributed by atoms with Crippen LogP contribution in [0.4, 0.5) is 0 Å². The van der Waals surface area contributed by atoms with Gasteiger partial charge in [0.1, 0.15) is 6.54 Å². The molecular weight excluding hydrogens is 517 g/mol. The minimum absolute atomic E-state index is 0. The Hall–Kier alpha value is -1.81. The second-order valence-electron chi connectivity index (χ2n) is 6.59. The largest absolute Gasteiger partial charge is 0.359 e. The van der Waals surface area contributed by atoms with E-state index < -0.39 is 0 Å². The zero-order valence-corrected chi connectivity index (χ0v) is 20.8. The predicted molar refractivity (Wildman–Crippen MR) is 132 cm³/mol. The third kappa shape index (κ3) is 8.14. The zero-order chi connectivity index (χ0) is 21.1. The summed E-state index contributed by atoms with van der Waals surface area (Å²) in [6, 6.07) is 8.95. The van der Waals surface area contributed by atoms with Crippen molar-refractivity contribution in [2.75, 3.05) is 19.6 Å². The molecule has 2 aromatic rings. The number of aromatic nitrogens is 1. The van der Waals surface area contributed by atoms with Crippen molar-refractivity contribution in [2.45, 2.75) is 46.1 Å². The van der Waals surface area contributed by atoms with Crippen LogP contribution in [0, 0.1) is 0 Å². The number of guanidine groups is 1. The summed E-state index contributed by atoms with van der Waals surface area (Å²) in [6.07, 6.45) is 2.08. The summed E-state index contributed by atoms with van der Waals surface area (Å²) in [6.45, 7) is 8.39. The lowest BCUT2D eigenvalue weighted by Crippen LogP contribution is -2.41. The number of nitrogens with zero attached hydrogens (tertiary/aromatic N) is 2. The molecule has 7 nitrogen and oxygen atoms in total. The molecule has 0 aliphatic heterocycles. The van der Waals surface area contributed by atoms with Crippen molar-refractivity contribution in [3.63, 3.8) is 0 Å². The molecule has 30 heavy (non-hydrogen) atoms. The van der Waals surface area contributed by atoms with Gasteiger partial charge in [-0.1, -0.05) is 42.7 Å². The van der Waals surface area contributed by atoms with Gasteiger partial charge in [-0.2, -0.15) is 0 Å². The van der Waals surface area contributed by atoms with Crippen molar-refractivity contribution in [3.8, 4) is 0 Å². The molecule has 1 amide bonds. The fourth-order valence-corrected chi connectivity index (χ4v) is 3.12. The van der Waals surface area contributed by atoms with Crippen molar-refractivity contribution >= 4 is 47.4 Å². The Morgan fingerprint density at radius 1 is 1.13 bits per heavy atom. The monoisotopic (exact) mass is 547 g/mol. The number of hydrogen-bond acceptors (Lipinski definition) is 4. The highest BCUT2D eigenvalue weighted by molar-refractivity contribution is 14.0. The van der Waals surface area contributed by atoms with E-state index >= 15 is 0 Å².